The number of fused-ring (bicyclic) bond motifs is 1. The Labute approximate surface area is 171 Å². The van der Waals surface area contributed by atoms with E-state index in [9.17, 15) is 18.0 Å². The van der Waals surface area contributed by atoms with Crippen molar-refractivity contribution in [1.82, 2.24) is 15.3 Å². The van der Waals surface area contributed by atoms with Crippen molar-refractivity contribution < 1.29 is 18.0 Å². The molecule has 0 bridgehead atoms. The van der Waals surface area contributed by atoms with Crippen LogP contribution >= 0.6 is 0 Å². The Kier molecular flexibility index (Phi) is 5.28. The van der Waals surface area contributed by atoms with E-state index in [1.807, 2.05) is 6.08 Å². The maximum Gasteiger partial charge on any atom is 0.418 e. The van der Waals surface area contributed by atoms with E-state index >= 15 is 0 Å². The van der Waals surface area contributed by atoms with Crippen LogP contribution in [0.15, 0.2) is 48.7 Å². The molecule has 1 aromatic carbocycles. The van der Waals surface area contributed by atoms with Crippen LogP contribution in [0.2, 0.25) is 0 Å². The van der Waals surface area contributed by atoms with Crippen molar-refractivity contribution in [2.75, 3.05) is 0 Å². The first-order valence-corrected chi connectivity index (χ1v) is 9.73. The second kappa shape index (κ2) is 7.89. The van der Waals surface area contributed by atoms with Crippen LogP contribution in [-0.2, 0) is 12.7 Å². The fraction of sp³-hybridized carbons (Fsp3) is 0.261. The van der Waals surface area contributed by atoms with E-state index in [-0.39, 0.29) is 17.8 Å². The first-order valence-electron chi connectivity index (χ1n) is 9.73. The van der Waals surface area contributed by atoms with Crippen LogP contribution in [-0.4, -0.2) is 15.9 Å². The molecule has 4 rings (SSSR count). The van der Waals surface area contributed by atoms with E-state index in [1.54, 1.807) is 37.4 Å². The van der Waals surface area contributed by atoms with Crippen LogP contribution in [0, 0.1) is 6.92 Å². The standard InChI is InChI=1S/C23H20F3N3O/c1-14-10-20(22(30)28-13-17-8-4-5-9-27-17)29-21-18(14)11-16(15-6-2-3-7-15)12-19(21)23(24,25)26/h4-6,8-12H,2-3,7,13H2,1H3,(H,28,30). The average molecular weight is 411 g/mol. The van der Waals surface area contributed by atoms with Crippen molar-refractivity contribution in [1.29, 1.82) is 0 Å². The third kappa shape index (κ3) is 4.06. The molecule has 0 atom stereocenters. The molecule has 1 aliphatic carbocycles. The molecule has 0 radical (unpaired) electrons. The fourth-order valence-electron chi connectivity index (χ4n) is 3.71. The molecule has 0 spiro atoms. The minimum Gasteiger partial charge on any atom is -0.345 e. The molecule has 2 heterocycles. The topological polar surface area (TPSA) is 54.9 Å². The smallest absolute Gasteiger partial charge is 0.345 e. The van der Waals surface area contributed by atoms with Crippen LogP contribution in [0.3, 0.4) is 0 Å². The number of allylic oxidation sites excluding steroid dienone is 2. The Morgan fingerprint density at radius 2 is 2.03 bits per heavy atom. The summed E-state index contributed by atoms with van der Waals surface area (Å²) in [6.07, 6.45) is 1.61. The maximum absolute atomic E-state index is 13.9. The van der Waals surface area contributed by atoms with E-state index in [4.69, 9.17) is 0 Å². The van der Waals surface area contributed by atoms with Crippen molar-refractivity contribution >= 4 is 22.4 Å². The number of nitrogens with one attached hydrogen (secondary N) is 1. The van der Waals surface area contributed by atoms with E-state index in [1.165, 1.54) is 6.07 Å². The second-order valence-corrected chi connectivity index (χ2v) is 7.37. The Hall–Kier alpha value is -3.22. The second-order valence-electron chi connectivity index (χ2n) is 7.37. The highest BCUT2D eigenvalue weighted by Crippen LogP contribution is 2.39. The average Bonchev–Trinajstić information content (AvgIpc) is 3.26. The van der Waals surface area contributed by atoms with Crippen molar-refractivity contribution in [2.45, 2.75) is 38.9 Å². The summed E-state index contributed by atoms with van der Waals surface area (Å²) in [6, 6.07) is 9.73. The quantitative estimate of drug-likeness (QED) is 0.621. The molecule has 3 aromatic rings. The van der Waals surface area contributed by atoms with Gasteiger partial charge < -0.3 is 5.32 Å². The highest BCUT2D eigenvalue weighted by atomic mass is 19.4. The van der Waals surface area contributed by atoms with E-state index in [0.29, 0.717) is 22.2 Å². The fourth-order valence-corrected chi connectivity index (χ4v) is 3.71. The lowest BCUT2D eigenvalue weighted by Gasteiger charge is -2.16. The minimum atomic E-state index is -4.57. The first-order chi connectivity index (χ1) is 14.3. The molecular weight excluding hydrogens is 391 g/mol. The third-order valence-corrected chi connectivity index (χ3v) is 5.23. The molecule has 0 saturated carbocycles. The molecule has 1 amide bonds. The Balaban J connectivity index is 1.74. The number of pyridine rings is 2. The Morgan fingerprint density at radius 3 is 2.70 bits per heavy atom. The van der Waals surface area contributed by atoms with Gasteiger partial charge in [-0.05, 0) is 73.2 Å². The molecule has 4 nitrogen and oxygen atoms in total. The van der Waals surface area contributed by atoms with Crippen molar-refractivity contribution in [3.63, 3.8) is 0 Å². The van der Waals surface area contributed by atoms with Gasteiger partial charge in [-0.3, -0.25) is 9.78 Å². The summed E-state index contributed by atoms with van der Waals surface area (Å²) in [4.78, 5) is 20.8. The molecule has 0 saturated heterocycles. The number of aromatic nitrogens is 2. The number of alkyl halides is 3. The summed E-state index contributed by atoms with van der Waals surface area (Å²) in [7, 11) is 0. The molecule has 154 valence electrons. The third-order valence-electron chi connectivity index (χ3n) is 5.23. The van der Waals surface area contributed by atoms with E-state index in [0.717, 1.165) is 30.9 Å². The van der Waals surface area contributed by atoms with E-state index < -0.39 is 17.6 Å². The van der Waals surface area contributed by atoms with Gasteiger partial charge in [-0.2, -0.15) is 13.2 Å². The molecule has 1 N–H and O–H groups in total. The predicted molar refractivity (Wildman–Crippen MR) is 109 cm³/mol. The van der Waals surface area contributed by atoms with Gasteiger partial charge in [-0.1, -0.05) is 12.1 Å². The van der Waals surface area contributed by atoms with Crippen molar-refractivity contribution in [3.8, 4) is 0 Å². The van der Waals surface area contributed by atoms with Gasteiger partial charge in [0.2, 0.25) is 0 Å². The summed E-state index contributed by atoms with van der Waals surface area (Å²) in [5, 5.41) is 3.08. The van der Waals surface area contributed by atoms with Gasteiger partial charge in [0.15, 0.2) is 0 Å². The molecule has 1 aliphatic rings. The van der Waals surface area contributed by atoms with Crippen LogP contribution in [0.1, 0.15) is 52.1 Å². The minimum absolute atomic E-state index is 0.0470. The Morgan fingerprint density at radius 1 is 1.20 bits per heavy atom. The summed E-state index contributed by atoms with van der Waals surface area (Å²) in [5.74, 6) is -0.540. The van der Waals surface area contributed by atoms with Crippen LogP contribution in [0.25, 0.3) is 16.5 Å². The zero-order valence-electron chi connectivity index (χ0n) is 16.4. The summed E-state index contributed by atoms with van der Waals surface area (Å²) >= 11 is 0. The van der Waals surface area contributed by atoms with Gasteiger partial charge >= 0.3 is 6.18 Å². The largest absolute Gasteiger partial charge is 0.418 e. The van der Waals surface area contributed by atoms with Gasteiger partial charge in [-0.25, -0.2) is 4.98 Å². The lowest BCUT2D eigenvalue weighted by atomic mass is 9.96. The highest BCUT2D eigenvalue weighted by molar-refractivity contribution is 5.97. The Bertz CT molecular complexity index is 1140. The lowest BCUT2D eigenvalue weighted by molar-refractivity contribution is -0.136. The van der Waals surface area contributed by atoms with Crippen molar-refractivity contribution in [2.24, 2.45) is 0 Å². The summed E-state index contributed by atoms with van der Waals surface area (Å²) in [5.41, 5.74) is 1.67. The maximum atomic E-state index is 13.9. The molecule has 2 aromatic heterocycles. The van der Waals surface area contributed by atoms with Gasteiger partial charge in [0.05, 0.1) is 23.3 Å². The normalized spacial score (nSPS) is 14.1. The number of carbonyl (C=O) groups is 1. The number of nitrogens with zero attached hydrogens (tertiary/aromatic N) is 2. The molecule has 7 heteroatoms. The number of aryl methyl sites for hydroxylation is 1. The number of halogens is 3. The highest BCUT2D eigenvalue weighted by Gasteiger charge is 2.35. The number of carbonyl (C=O) groups excluding carboxylic acids is 1. The number of amides is 1. The zero-order valence-corrected chi connectivity index (χ0v) is 16.4. The van der Waals surface area contributed by atoms with Gasteiger partial charge in [0, 0.05) is 11.6 Å². The first kappa shape index (κ1) is 20.1. The van der Waals surface area contributed by atoms with Gasteiger partial charge in [0.25, 0.3) is 5.91 Å². The molecule has 0 unspecified atom stereocenters. The summed E-state index contributed by atoms with van der Waals surface area (Å²) < 4.78 is 41.6. The SMILES string of the molecule is Cc1cc(C(=O)NCc2ccccn2)nc2c(C(F)(F)F)cc(C3=CCCC3)cc12. The van der Waals surface area contributed by atoms with Gasteiger partial charge in [-0.15, -0.1) is 0 Å². The number of hydrogen-bond acceptors (Lipinski definition) is 3. The van der Waals surface area contributed by atoms with Crippen molar-refractivity contribution in [3.05, 3.63) is 76.7 Å². The monoisotopic (exact) mass is 411 g/mol. The molecular formula is C23H20F3N3O. The number of benzene rings is 1. The molecule has 0 aliphatic heterocycles. The molecule has 30 heavy (non-hydrogen) atoms. The van der Waals surface area contributed by atoms with Gasteiger partial charge in [0.1, 0.15) is 5.69 Å². The summed E-state index contributed by atoms with van der Waals surface area (Å²) in [6.45, 7) is 1.87. The zero-order chi connectivity index (χ0) is 21.3. The number of hydrogen-bond donors (Lipinski definition) is 1. The molecule has 0 fully saturated rings. The van der Waals surface area contributed by atoms with Crippen LogP contribution in [0.4, 0.5) is 13.2 Å². The predicted octanol–water partition coefficient (Wildman–Crippen LogP) is 5.45. The van der Waals surface area contributed by atoms with Crippen LogP contribution in [0.5, 0.6) is 0 Å². The number of rotatable bonds is 4. The van der Waals surface area contributed by atoms with E-state index in [2.05, 4.69) is 15.3 Å². The van der Waals surface area contributed by atoms with Crippen LogP contribution < -0.4 is 5.32 Å². The lowest BCUT2D eigenvalue weighted by Crippen LogP contribution is -2.24.